The van der Waals surface area contributed by atoms with Crippen LogP contribution in [0.3, 0.4) is 0 Å². The maximum atomic E-state index is 13.0. The van der Waals surface area contributed by atoms with E-state index in [1.54, 1.807) is 12.1 Å². The van der Waals surface area contributed by atoms with Crippen molar-refractivity contribution in [3.05, 3.63) is 58.4 Å². The lowest BCUT2D eigenvalue weighted by Gasteiger charge is -2.08. The molecule has 100 valence electrons. The van der Waals surface area contributed by atoms with Crippen LogP contribution in [0.25, 0.3) is 0 Å². The monoisotopic (exact) mass is 306 g/mol. The number of rotatable bonds is 2. The molecule has 0 aliphatic rings. The highest BCUT2D eigenvalue weighted by Crippen LogP contribution is 2.22. The summed E-state index contributed by atoms with van der Waals surface area (Å²) >= 11 is 10.1. The third-order valence-corrected chi connectivity index (χ3v) is 3.15. The average molecular weight is 307 g/mol. The Morgan fingerprint density at radius 3 is 2.75 bits per heavy atom. The van der Waals surface area contributed by atoms with Gasteiger partial charge >= 0.3 is 0 Å². The van der Waals surface area contributed by atoms with Gasteiger partial charge in [0.2, 0.25) is 0 Å². The summed E-state index contributed by atoms with van der Waals surface area (Å²) in [5.41, 5.74) is 0.489. The summed E-state index contributed by atoms with van der Waals surface area (Å²) in [6, 6.07) is 10.1. The Morgan fingerprint density at radius 2 is 2.05 bits per heavy atom. The second kappa shape index (κ2) is 5.95. The van der Waals surface area contributed by atoms with Crippen molar-refractivity contribution < 1.29 is 9.18 Å². The highest BCUT2D eigenvalue weighted by molar-refractivity contribution is 7.80. The van der Waals surface area contributed by atoms with Gasteiger partial charge in [-0.2, -0.15) is 5.26 Å². The number of thiol groups is 1. The quantitative estimate of drug-likeness (QED) is 0.827. The molecule has 20 heavy (non-hydrogen) atoms. The van der Waals surface area contributed by atoms with Gasteiger partial charge in [-0.25, -0.2) is 4.39 Å². The van der Waals surface area contributed by atoms with Gasteiger partial charge in [0.05, 0.1) is 21.8 Å². The minimum absolute atomic E-state index is 0.0384. The van der Waals surface area contributed by atoms with Crippen LogP contribution < -0.4 is 5.32 Å². The third-order valence-electron chi connectivity index (χ3n) is 2.54. The van der Waals surface area contributed by atoms with Crippen LogP contribution in [0.4, 0.5) is 10.1 Å². The zero-order valence-electron chi connectivity index (χ0n) is 10.0. The third kappa shape index (κ3) is 3.10. The van der Waals surface area contributed by atoms with E-state index in [2.05, 4.69) is 17.9 Å². The van der Waals surface area contributed by atoms with Crippen LogP contribution in [0.1, 0.15) is 15.9 Å². The van der Waals surface area contributed by atoms with Crippen molar-refractivity contribution in [2.24, 2.45) is 0 Å². The predicted molar refractivity (Wildman–Crippen MR) is 77.8 cm³/mol. The molecule has 0 aliphatic heterocycles. The first-order valence-electron chi connectivity index (χ1n) is 5.51. The first-order chi connectivity index (χ1) is 9.51. The van der Waals surface area contributed by atoms with E-state index in [1.807, 2.05) is 6.07 Å². The zero-order valence-corrected chi connectivity index (χ0v) is 11.7. The average Bonchev–Trinajstić information content (AvgIpc) is 2.43. The van der Waals surface area contributed by atoms with E-state index in [1.165, 1.54) is 12.1 Å². The van der Waals surface area contributed by atoms with Gasteiger partial charge in [0, 0.05) is 4.90 Å². The number of nitriles is 1. The van der Waals surface area contributed by atoms with Crippen LogP contribution in [-0.2, 0) is 0 Å². The highest BCUT2D eigenvalue weighted by atomic mass is 35.5. The van der Waals surface area contributed by atoms with Gasteiger partial charge in [0.15, 0.2) is 0 Å². The number of carbonyl (C=O) groups is 1. The van der Waals surface area contributed by atoms with Crippen molar-refractivity contribution in [2.45, 2.75) is 4.90 Å². The lowest BCUT2D eigenvalue weighted by molar-refractivity contribution is 0.102. The molecule has 6 heteroatoms. The lowest BCUT2D eigenvalue weighted by Crippen LogP contribution is -2.13. The van der Waals surface area contributed by atoms with E-state index in [-0.39, 0.29) is 21.8 Å². The molecule has 0 radical (unpaired) electrons. The van der Waals surface area contributed by atoms with Crippen molar-refractivity contribution in [3.63, 3.8) is 0 Å². The molecule has 1 amide bonds. The fraction of sp³-hybridized carbons (Fsp3) is 0. The van der Waals surface area contributed by atoms with E-state index in [0.29, 0.717) is 4.90 Å². The van der Waals surface area contributed by atoms with Crippen LogP contribution in [0, 0.1) is 17.1 Å². The molecule has 3 nitrogen and oxygen atoms in total. The summed E-state index contributed by atoms with van der Waals surface area (Å²) < 4.78 is 13.0. The molecule has 0 saturated heterocycles. The van der Waals surface area contributed by atoms with Gasteiger partial charge in [-0.05, 0) is 36.4 Å². The maximum Gasteiger partial charge on any atom is 0.257 e. The summed E-state index contributed by atoms with van der Waals surface area (Å²) in [6.45, 7) is 0. The molecule has 0 heterocycles. The number of nitrogens with zero attached hydrogens (tertiary/aromatic N) is 1. The van der Waals surface area contributed by atoms with Gasteiger partial charge in [-0.15, -0.1) is 12.6 Å². The topological polar surface area (TPSA) is 52.9 Å². The largest absolute Gasteiger partial charge is 0.321 e. The Balaban J connectivity index is 2.33. The molecule has 0 atom stereocenters. The highest BCUT2D eigenvalue weighted by Gasteiger charge is 2.13. The Labute approximate surface area is 125 Å². The minimum atomic E-state index is -0.546. The molecule has 0 unspecified atom stereocenters. The summed E-state index contributed by atoms with van der Waals surface area (Å²) in [5.74, 6) is -1.04. The first kappa shape index (κ1) is 14.4. The molecule has 1 N–H and O–H groups in total. The van der Waals surface area contributed by atoms with Crippen molar-refractivity contribution in [3.8, 4) is 6.07 Å². The van der Waals surface area contributed by atoms with E-state index in [0.717, 1.165) is 12.1 Å². The standard InChI is InChI=1S/C14H8ClFN2OS/c15-12-3-2-10(20)6-11(12)14(19)18-13-4-1-9(16)5-8(13)7-17/h1-6,20H,(H,18,19). The van der Waals surface area contributed by atoms with E-state index in [9.17, 15) is 9.18 Å². The Bertz CT molecular complexity index is 728. The van der Waals surface area contributed by atoms with Gasteiger partial charge in [-0.3, -0.25) is 4.79 Å². The molecule has 0 aromatic heterocycles. The molecule has 2 aromatic rings. The second-order valence-electron chi connectivity index (χ2n) is 3.92. The van der Waals surface area contributed by atoms with Crippen LogP contribution >= 0.6 is 24.2 Å². The van der Waals surface area contributed by atoms with Crippen LogP contribution in [0.15, 0.2) is 41.3 Å². The van der Waals surface area contributed by atoms with E-state index < -0.39 is 11.7 Å². The zero-order chi connectivity index (χ0) is 14.7. The predicted octanol–water partition coefficient (Wildman–Crippen LogP) is 3.89. The molecular formula is C14H8ClFN2OS. The number of benzene rings is 2. The van der Waals surface area contributed by atoms with Crippen molar-refractivity contribution in [1.29, 1.82) is 5.26 Å². The molecule has 0 fully saturated rings. The van der Waals surface area contributed by atoms with Crippen molar-refractivity contribution in [2.75, 3.05) is 5.32 Å². The number of hydrogen-bond donors (Lipinski definition) is 2. The number of amides is 1. The molecule has 0 saturated carbocycles. The number of anilines is 1. The number of carbonyl (C=O) groups excluding carboxylic acids is 1. The van der Waals surface area contributed by atoms with Crippen LogP contribution in [-0.4, -0.2) is 5.91 Å². The summed E-state index contributed by atoms with van der Waals surface area (Å²) in [4.78, 5) is 12.7. The first-order valence-corrected chi connectivity index (χ1v) is 6.33. The molecule has 2 rings (SSSR count). The Hall–Kier alpha value is -2.03. The van der Waals surface area contributed by atoms with Gasteiger partial charge in [0.1, 0.15) is 11.9 Å². The smallest absolute Gasteiger partial charge is 0.257 e. The minimum Gasteiger partial charge on any atom is -0.321 e. The molecular weight excluding hydrogens is 299 g/mol. The van der Waals surface area contributed by atoms with Crippen LogP contribution in [0.5, 0.6) is 0 Å². The molecule has 0 bridgehead atoms. The Morgan fingerprint density at radius 1 is 1.30 bits per heavy atom. The fourth-order valence-electron chi connectivity index (χ4n) is 1.59. The molecule has 2 aromatic carbocycles. The number of nitrogens with one attached hydrogen (secondary N) is 1. The van der Waals surface area contributed by atoms with Gasteiger partial charge in [-0.1, -0.05) is 11.6 Å². The summed E-state index contributed by atoms with van der Waals surface area (Å²) in [5, 5.41) is 11.7. The summed E-state index contributed by atoms with van der Waals surface area (Å²) in [6.07, 6.45) is 0. The SMILES string of the molecule is N#Cc1cc(F)ccc1NC(=O)c1cc(S)ccc1Cl. The summed E-state index contributed by atoms with van der Waals surface area (Å²) in [7, 11) is 0. The Kier molecular flexibility index (Phi) is 4.28. The normalized spacial score (nSPS) is 9.90. The number of halogens is 2. The second-order valence-corrected chi connectivity index (χ2v) is 4.84. The van der Waals surface area contributed by atoms with Gasteiger partial charge < -0.3 is 5.32 Å². The van der Waals surface area contributed by atoms with E-state index in [4.69, 9.17) is 16.9 Å². The van der Waals surface area contributed by atoms with Crippen molar-refractivity contribution in [1.82, 2.24) is 0 Å². The van der Waals surface area contributed by atoms with Crippen LogP contribution in [0.2, 0.25) is 5.02 Å². The maximum absolute atomic E-state index is 13.0. The molecule has 0 aliphatic carbocycles. The van der Waals surface area contributed by atoms with Crippen molar-refractivity contribution >= 4 is 35.8 Å². The number of hydrogen-bond acceptors (Lipinski definition) is 3. The van der Waals surface area contributed by atoms with Gasteiger partial charge in [0.25, 0.3) is 5.91 Å². The lowest BCUT2D eigenvalue weighted by atomic mass is 10.1. The fourth-order valence-corrected chi connectivity index (χ4v) is 2.00. The molecule has 0 spiro atoms. The van der Waals surface area contributed by atoms with E-state index >= 15 is 0 Å².